The van der Waals surface area contributed by atoms with Crippen molar-refractivity contribution in [3.8, 4) is 0 Å². The average Bonchev–Trinajstić information content (AvgIpc) is 2.86. The zero-order valence-corrected chi connectivity index (χ0v) is 20.6. The molecule has 2 saturated heterocycles. The summed E-state index contributed by atoms with van der Waals surface area (Å²) in [6.45, 7) is 4.54. The highest BCUT2D eigenvalue weighted by atomic mass is 16.5. The Bertz CT molecular complexity index is 908. The fourth-order valence-corrected chi connectivity index (χ4v) is 4.69. The number of ketones is 2. The predicted molar refractivity (Wildman–Crippen MR) is 135 cm³/mol. The summed E-state index contributed by atoms with van der Waals surface area (Å²) in [5.41, 5.74) is 2.47. The number of Topliss-reactive ketones (excluding diaryl/α,β-unsaturated/α-hetero) is 2. The molecule has 0 amide bonds. The largest absolute Gasteiger partial charge is 0.396 e. The van der Waals surface area contributed by atoms with Crippen LogP contribution in [0.4, 0.5) is 0 Å². The lowest BCUT2D eigenvalue weighted by molar-refractivity contribution is -0.138. The lowest BCUT2D eigenvalue weighted by Crippen LogP contribution is -2.44. The van der Waals surface area contributed by atoms with Crippen molar-refractivity contribution in [1.82, 2.24) is 9.80 Å². The van der Waals surface area contributed by atoms with Crippen LogP contribution in [0.25, 0.3) is 0 Å². The Morgan fingerprint density at radius 1 is 0.943 bits per heavy atom. The van der Waals surface area contributed by atoms with E-state index in [1.54, 1.807) is 0 Å². The van der Waals surface area contributed by atoms with Gasteiger partial charge in [0.25, 0.3) is 0 Å². The summed E-state index contributed by atoms with van der Waals surface area (Å²) >= 11 is 0. The molecular weight excluding hydrogens is 444 g/mol. The molecule has 0 aromatic heterocycles. The molecule has 7 nitrogen and oxygen atoms in total. The molecular formula is C28H38N2O5. The zero-order chi connectivity index (χ0) is 25.0. The van der Waals surface area contributed by atoms with E-state index in [2.05, 4.69) is 21.9 Å². The van der Waals surface area contributed by atoms with Gasteiger partial charge in [0.15, 0.2) is 11.6 Å². The molecule has 2 heterocycles. The van der Waals surface area contributed by atoms with E-state index in [0.29, 0.717) is 19.5 Å². The Morgan fingerprint density at radius 2 is 1.51 bits per heavy atom. The van der Waals surface area contributed by atoms with Gasteiger partial charge in [0.2, 0.25) is 0 Å². The van der Waals surface area contributed by atoms with Crippen LogP contribution in [-0.2, 0) is 27.4 Å². The van der Waals surface area contributed by atoms with E-state index in [1.807, 2.05) is 48.5 Å². The number of rotatable bonds is 8. The maximum Gasteiger partial charge on any atom is 0.168 e. The number of ether oxygens (including phenoxy) is 1. The third-order valence-electron chi connectivity index (χ3n) is 6.72. The molecule has 0 bridgehead atoms. The third kappa shape index (κ3) is 8.63. The Kier molecular flexibility index (Phi) is 11.0. The Labute approximate surface area is 208 Å². The first kappa shape index (κ1) is 27.2. The van der Waals surface area contributed by atoms with E-state index in [4.69, 9.17) is 9.84 Å². The van der Waals surface area contributed by atoms with Crippen LogP contribution in [0.5, 0.6) is 0 Å². The van der Waals surface area contributed by atoms with Crippen LogP contribution >= 0.6 is 0 Å². The summed E-state index contributed by atoms with van der Waals surface area (Å²) in [6.07, 6.45) is 1.10. The van der Waals surface area contributed by atoms with E-state index in [-0.39, 0.29) is 36.8 Å². The van der Waals surface area contributed by atoms with Crippen molar-refractivity contribution >= 4 is 11.6 Å². The Morgan fingerprint density at radius 3 is 2.03 bits per heavy atom. The van der Waals surface area contributed by atoms with Crippen LogP contribution in [0, 0.1) is 11.8 Å². The highest BCUT2D eigenvalue weighted by Gasteiger charge is 2.32. The van der Waals surface area contributed by atoms with Crippen LogP contribution in [0.15, 0.2) is 60.7 Å². The summed E-state index contributed by atoms with van der Waals surface area (Å²) in [6, 6.07) is 20.3. The molecule has 4 rings (SSSR count). The number of aliphatic hydroxyl groups is 2. The minimum absolute atomic E-state index is 0.0178. The lowest BCUT2D eigenvalue weighted by Gasteiger charge is -2.35. The van der Waals surface area contributed by atoms with Gasteiger partial charge in [-0.15, -0.1) is 0 Å². The second-order valence-corrected chi connectivity index (χ2v) is 9.42. The molecule has 35 heavy (non-hydrogen) atoms. The van der Waals surface area contributed by atoms with E-state index in [0.717, 1.165) is 32.6 Å². The standard InChI is InChI=1S/C15H19NO3.C13H19NO2/c1-19-11-15(18)13-7-8-16(10-14(13)17)9-12-5-3-2-4-6-12;15-10-12-6-7-14(9-13(12)16)8-11-4-2-1-3-5-11/h2-6,13H,7-11H2,1H3;1-5,12-13,15-16H,6-10H2. The predicted octanol–water partition coefficient (Wildman–Crippen LogP) is 2.15. The van der Waals surface area contributed by atoms with Crippen LogP contribution in [0.2, 0.25) is 0 Å². The van der Waals surface area contributed by atoms with Crippen LogP contribution < -0.4 is 0 Å². The number of benzene rings is 2. The topological polar surface area (TPSA) is 90.3 Å². The van der Waals surface area contributed by atoms with Crippen LogP contribution in [-0.4, -0.2) is 84.2 Å². The van der Waals surface area contributed by atoms with E-state index in [9.17, 15) is 14.7 Å². The summed E-state index contributed by atoms with van der Waals surface area (Å²) in [4.78, 5) is 28.0. The number of hydrogen-bond donors (Lipinski definition) is 2. The molecule has 0 spiro atoms. The van der Waals surface area contributed by atoms with Crippen molar-refractivity contribution in [3.63, 3.8) is 0 Å². The fourth-order valence-electron chi connectivity index (χ4n) is 4.69. The van der Waals surface area contributed by atoms with E-state index < -0.39 is 5.92 Å². The number of aliphatic hydroxyl groups excluding tert-OH is 2. The van der Waals surface area contributed by atoms with Crippen LogP contribution in [0.3, 0.4) is 0 Å². The molecule has 7 heteroatoms. The zero-order valence-electron chi connectivity index (χ0n) is 20.6. The van der Waals surface area contributed by atoms with Gasteiger partial charge in [-0.25, -0.2) is 0 Å². The van der Waals surface area contributed by atoms with E-state index >= 15 is 0 Å². The van der Waals surface area contributed by atoms with Crippen molar-refractivity contribution in [2.75, 3.05) is 46.5 Å². The molecule has 2 aliphatic heterocycles. The monoisotopic (exact) mass is 482 g/mol. The van der Waals surface area contributed by atoms with Gasteiger partial charge < -0.3 is 14.9 Å². The second kappa shape index (κ2) is 14.2. The molecule has 0 saturated carbocycles. The van der Waals surface area contributed by atoms with Gasteiger partial charge in [0, 0.05) is 45.8 Å². The quantitative estimate of drug-likeness (QED) is 0.557. The number of hydrogen-bond acceptors (Lipinski definition) is 7. The number of carbonyl (C=O) groups is 2. The number of carbonyl (C=O) groups excluding carboxylic acids is 2. The molecule has 2 N–H and O–H groups in total. The fraction of sp³-hybridized carbons (Fsp3) is 0.500. The summed E-state index contributed by atoms with van der Waals surface area (Å²) < 4.78 is 4.81. The van der Waals surface area contributed by atoms with E-state index in [1.165, 1.54) is 18.2 Å². The third-order valence-corrected chi connectivity index (χ3v) is 6.72. The Balaban J connectivity index is 0.000000198. The molecule has 2 fully saturated rings. The van der Waals surface area contributed by atoms with Gasteiger partial charge >= 0.3 is 0 Å². The molecule has 2 aromatic carbocycles. The molecule has 0 aliphatic carbocycles. The van der Waals surface area contributed by atoms with Gasteiger partial charge in [-0.3, -0.25) is 19.4 Å². The van der Waals surface area contributed by atoms with Crippen molar-refractivity contribution in [2.24, 2.45) is 11.8 Å². The summed E-state index contributed by atoms with van der Waals surface area (Å²) in [5, 5.41) is 18.9. The van der Waals surface area contributed by atoms with Gasteiger partial charge in [0.05, 0.1) is 18.6 Å². The van der Waals surface area contributed by atoms with Crippen molar-refractivity contribution in [1.29, 1.82) is 0 Å². The van der Waals surface area contributed by atoms with Crippen molar-refractivity contribution in [2.45, 2.75) is 32.0 Å². The molecule has 3 unspecified atom stereocenters. The number of β-amino-alcohol motifs (C(OH)–C–C–N with tert-alkyl or cyclic N) is 1. The van der Waals surface area contributed by atoms with Gasteiger partial charge in [-0.05, 0) is 30.5 Å². The first-order valence-corrected chi connectivity index (χ1v) is 12.4. The Hall–Kier alpha value is -2.42. The number of likely N-dealkylation sites (tertiary alicyclic amines) is 2. The highest BCUT2D eigenvalue weighted by molar-refractivity contribution is 6.04. The average molecular weight is 483 g/mol. The SMILES string of the molecule is COCC(=O)C1CCN(Cc2ccccc2)CC1=O.OCC1CCN(Cc2ccccc2)CC1O. The maximum absolute atomic E-state index is 12.0. The minimum atomic E-state index is -0.466. The molecule has 190 valence electrons. The van der Waals surface area contributed by atoms with Gasteiger partial charge in [0.1, 0.15) is 6.61 Å². The number of nitrogens with zero attached hydrogens (tertiary/aromatic N) is 2. The molecule has 2 aromatic rings. The first-order chi connectivity index (χ1) is 17.0. The second-order valence-electron chi connectivity index (χ2n) is 9.42. The smallest absolute Gasteiger partial charge is 0.168 e. The number of piperidine rings is 2. The first-order valence-electron chi connectivity index (χ1n) is 12.4. The van der Waals surface area contributed by atoms with Crippen molar-refractivity contribution < 1.29 is 24.5 Å². The maximum atomic E-state index is 12.0. The molecule has 2 aliphatic rings. The normalized spacial score (nSPS) is 23.4. The summed E-state index contributed by atoms with van der Waals surface area (Å²) in [7, 11) is 1.48. The lowest BCUT2D eigenvalue weighted by atomic mass is 9.91. The molecule has 0 radical (unpaired) electrons. The minimum Gasteiger partial charge on any atom is -0.396 e. The van der Waals surface area contributed by atoms with Gasteiger partial charge in [-0.2, -0.15) is 0 Å². The number of methoxy groups -OCH3 is 1. The van der Waals surface area contributed by atoms with Gasteiger partial charge in [-0.1, -0.05) is 60.7 Å². The summed E-state index contributed by atoms with van der Waals surface area (Å²) in [5.74, 6) is -0.477. The highest BCUT2D eigenvalue weighted by Crippen LogP contribution is 2.19. The van der Waals surface area contributed by atoms with Crippen molar-refractivity contribution in [3.05, 3.63) is 71.8 Å². The molecule has 3 atom stereocenters. The van der Waals surface area contributed by atoms with Crippen LogP contribution in [0.1, 0.15) is 24.0 Å².